The number of carbonyl (C=O) groups excluding carboxylic acids is 1. The first-order chi connectivity index (χ1) is 6.29. The van der Waals surface area contributed by atoms with Gasteiger partial charge in [0, 0.05) is 12.5 Å². The summed E-state index contributed by atoms with van der Waals surface area (Å²) in [5.41, 5.74) is 0. The fraction of sp³-hybridized carbons (Fsp3) is 0.909. The van der Waals surface area contributed by atoms with Crippen molar-refractivity contribution >= 4 is 5.91 Å². The molecule has 1 unspecified atom stereocenters. The third-order valence-corrected chi connectivity index (χ3v) is 2.98. The normalized spacial score (nSPS) is 22.4. The van der Waals surface area contributed by atoms with E-state index in [0.29, 0.717) is 17.7 Å². The van der Waals surface area contributed by atoms with E-state index in [4.69, 9.17) is 0 Å². The lowest BCUT2D eigenvalue weighted by atomic mass is 9.84. The van der Waals surface area contributed by atoms with E-state index >= 15 is 0 Å². The van der Waals surface area contributed by atoms with E-state index in [-0.39, 0.29) is 0 Å². The molecule has 13 heavy (non-hydrogen) atoms. The van der Waals surface area contributed by atoms with Crippen molar-refractivity contribution in [2.45, 2.75) is 46.0 Å². The fourth-order valence-corrected chi connectivity index (χ4v) is 2.35. The summed E-state index contributed by atoms with van der Waals surface area (Å²) in [6, 6.07) is 0. The molecule has 2 heteroatoms. The molecule has 0 radical (unpaired) electrons. The van der Waals surface area contributed by atoms with Crippen molar-refractivity contribution < 1.29 is 4.79 Å². The Kier molecular flexibility index (Phi) is 4.26. The Labute approximate surface area is 81.1 Å². The molecule has 1 atom stereocenters. The van der Waals surface area contributed by atoms with Gasteiger partial charge in [0.1, 0.15) is 0 Å². The minimum Gasteiger partial charge on any atom is -0.356 e. The van der Waals surface area contributed by atoms with Gasteiger partial charge in [-0.1, -0.05) is 26.7 Å². The quantitative estimate of drug-likeness (QED) is 0.696. The van der Waals surface area contributed by atoms with Crippen LogP contribution in [0.2, 0.25) is 0 Å². The van der Waals surface area contributed by atoms with E-state index in [0.717, 1.165) is 13.0 Å². The molecule has 0 aromatic heterocycles. The molecule has 0 bridgehead atoms. The molecule has 0 saturated carbocycles. The van der Waals surface area contributed by atoms with Crippen molar-refractivity contribution in [3.63, 3.8) is 0 Å². The SMILES string of the molecule is CCCC(CCC)C1CCNC1=O. The van der Waals surface area contributed by atoms with Crippen molar-refractivity contribution in [3.05, 3.63) is 0 Å². The minimum absolute atomic E-state index is 0.298. The molecule has 1 amide bonds. The first-order valence-corrected chi connectivity index (χ1v) is 5.57. The van der Waals surface area contributed by atoms with E-state index in [9.17, 15) is 4.79 Å². The molecular formula is C11H21NO. The highest BCUT2D eigenvalue weighted by atomic mass is 16.2. The first-order valence-electron chi connectivity index (χ1n) is 5.57. The van der Waals surface area contributed by atoms with Crippen LogP contribution in [0.5, 0.6) is 0 Å². The molecule has 1 aliphatic heterocycles. The maximum absolute atomic E-state index is 11.5. The second-order valence-corrected chi connectivity index (χ2v) is 4.02. The molecule has 1 rings (SSSR count). The zero-order valence-electron chi connectivity index (χ0n) is 8.81. The van der Waals surface area contributed by atoms with E-state index in [1.807, 2.05) is 0 Å². The van der Waals surface area contributed by atoms with Crippen LogP contribution in [0.25, 0.3) is 0 Å². The highest BCUT2D eigenvalue weighted by Gasteiger charge is 2.30. The average molecular weight is 183 g/mol. The van der Waals surface area contributed by atoms with Gasteiger partial charge in [-0.05, 0) is 25.2 Å². The van der Waals surface area contributed by atoms with Crippen molar-refractivity contribution in [2.75, 3.05) is 6.54 Å². The molecule has 1 N–H and O–H groups in total. The van der Waals surface area contributed by atoms with Crippen molar-refractivity contribution in [3.8, 4) is 0 Å². The van der Waals surface area contributed by atoms with Crippen LogP contribution in [0.4, 0.5) is 0 Å². The summed E-state index contributed by atoms with van der Waals surface area (Å²) in [7, 11) is 0. The monoisotopic (exact) mass is 183 g/mol. The van der Waals surface area contributed by atoms with E-state index in [1.54, 1.807) is 0 Å². The zero-order chi connectivity index (χ0) is 9.68. The van der Waals surface area contributed by atoms with Crippen molar-refractivity contribution in [1.82, 2.24) is 5.32 Å². The third kappa shape index (κ3) is 2.71. The molecule has 76 valence electrons. The Morgan fingerprint density at radius 3 is 2.38 bits per heavy atom. The maximum Gasteiger partial charge on any atom is 0.223 e. The summed E-state index contributed by atoms with van der Waals surface area (Å²) in [6.07, 6.45) is 5.89. The van der Waals surface area contributed by atoms with Gasteiger partial charge in [0.05, 0.1) is 0 Å². The summed E-state index contributed by atoms with van der Waals surface area (Å²) in [4.78, 5) is 11.5. The summed E-state index contributed by atoms with van der Waals surface area (Å²) in [6.45, 7) is 5.30. The second kappa shape index (κ2) is 5.25. The molecule has 0 spiro atoms. The number of nitrogens with one attached hydrogen (secondary N) is 1. The highest BCUT2D eigenvalue weighted by molar-refractivity contribution is 5.80. The minimum atomic E-state index is 0.298. The van der Waals surface area contributed by atoms with E-state index in [1.165, 1.54) is 25.7 Å². The van der Waals surface area contributed by atoms with Gasteiger partial charge in [0.25, 0.3) is 0 Å². The lowest BCUT2D eigenvalue weighted by Crippen LogP contribution is -2.25. The van der Waals surface area contributed by atoms with Gasteiger partial charge >= 0.3 is 0 Å². The van der Waals surface area contributed by atoms with Crippen LogP contribution >= 0.6 is 0 Å². The number of hydrogen-bond acceptors (Lipinski definition) is 1. The van der Waals surface area contributed by atoms with Gasteiger partial charge in [-0.2, -0.15) is 0 Å². The van der Waals surface area contributed by atoms with E-state index in [2.05, 4.69) is 19.2 Å². The second-order valence-electron chi connectivity index (χ2n) is 4.02. The standard InChI is InChI=1S/C11H21NO/c1-3-5-9(6-4-2)10-7-8-12-11(10)13/h9-10H,3-8H2,1-2H3,(H,12,13). The highest BCUT2D eigenvalue weighted by Crippen LogP contribution is 2.28. The van der Waals surface area contributed by atoms with Gasteiger partial charge < -0.3 is 5.32 Å². The Morgan fingerprint density at radius 2 is 2.00 bits per heavy atom. The summed E-state index contributed by atoms with van der Waals surface area (Å²) in [5.74, 6) is 1.25. The van der Waals surface area contributed by atoms with Crippen LogP contribution < -0.4 is 5.32 Å². The predicted octanol–water partition coefficient (Wildman–Crippen LogP) is 2.34. The Morgan fingerprint density at radius 1 is 1.38 bits per heavy atom. The van der Waals surface area contributed by atoms with Crippen LogP contribution in [0.15, 0.2) is 0 Å². The summed E-state index contributed by atoms with van der Waals surface area (Å²) in [5, 5.41) is 2.93. The third-order valence-electron chi connectivity index (χ3n) is 2.98. The molecule has 1 aliphatic rings. The van der Waals surface area contributed by atoms with E-state index < -0.39 is 0 Å². The average Bonchev–Trinajstić information content (AvgIpc) is 2.51. The predicted molar refractivity (Wildman–Crippen MR) is 54.4 cm³/mol. The van der Waals surface area contributed by atoms with Crippen LogP contribution in [0, 0.1) is 11.8 Å². The lowest BCUT2D eigenvalue weighted by molar-refractivity contribution is -0.124. The molecule has 0 aromatic carbocycles. The molecule has 0 aliphatic carbocycles. The molecular weight excluding hydrogens is 162 g/mol. The largest absolute Gasteiger partial charge is 0.356 e. The molecule has 1 heterocycles. The van der Waals surface area contributed by atoms with Crippen molar-refractivity contribution in [1.29, 1.82) is 0 Å². The smallest absolute Gasteiger partial charge is 0.223 e. The van der Waals surface area contributed by atoms with Gasteiger partial charge in [0.15, 0.2) is 0 Å². The number of rotatable bonds is 5. The Hall–Kier alpha value is -0.530. The zero-order valence-corrected chi connectivity index (χ0v) is 8.81. The maximum atomic E-state index is 11.5. The van der Waals surface area contributed by atoms with Crippen LogP contribution in [0.1, 0.15) is 46.0 Å². The Bertz CT molecular complexity index is 161. The van der Waals surface area contributed by atoms with Gasteiger partial charge in [-0.25, -0.2) is 0 Å². The van der Waals surface area contributed by atoms with Gasteiger partial charge in [-0.3, -0.25) is 4.79 Å². The van der Waals surface area contributed by atoms with Gasteiger partial charge in [0.2, 0.25) is 5.91 Å². The van der Waals surface area contributed by atoms with Gasteiger partial charge in [-0.15, -0.1) is 0 Å². The summed E-state index contributed by atoms with van der Waals surface area (Å²) < 4.78 is 0. The lowest BCUT2D eigenvalue weighted by Gasteiger charge is -2.19. The number of amides is 1. The number of carbonyl (C=O) groups is 1. The van der Waals surface area contributed by atoms with Crippen LogP contribution in [-0.2, 0) is 4.79 Å². The molecule has 0 aromatic rings. The topological polar surface area (TPSA) is 29.1 Å². The van der Waals surface area contributed by atoms with Crippen LogP contribution in [-0.4, -0.2) is 12.5 Å². The first kappa shape index (κ1) is 10.6. The molecule has 2 nitrogen and oxygen atoms in total. The Balaban J connectivity index is 2.47. The molecule has 1 saturated heterocycles. The number of hydrogen-bond donors (Lipinski definition) is 1. The fourth-order valence-electron chi connectivity index (χ4n) is 2.35. The molecule has 1 fully saturated rings. The summed E-state index contributed by atoms with van der Waals surface area (Å²) >= 11 is 0. The van der Waals surface area contributed by atoms with Crippen LogP contribution in [0.3, 0.4) is 0 Å². The van der Waals surface area contributed by atoms with Crippen molar-refractivity contribution in [2.24, 2.45) is 11.8 Å².